The van der Waals surface area contributed by atoms with Crippen LogP contribution in [0.15, 0.2) is 12.7 Å². The van der Waals surface area contributed by atoms with Crippen LogP contribution in [0.3, 0.4) is 0 Å². The molecule has 1 fully saturated rings. The number of phosphoric acid groups is 1. The Balaban J connectivity index is 0.000000628. The van der Waals surface area contributed by atoms with Gasteiger partial charge in [-0.25, -0.2) is 15.0 Å². The summed E-state index contributed by atoms with van der Waals surface area (Å²) in [6, 6.07) is 0. The molecular formula is C10H12CuN5O11PS-4. The SMILES string of the molecule is Nc1ncnc2c1ncn2[C@@H]1O[C@H](COP(=O)([O-])[O-])[C@@H](O)[C@H]1O.O=S(=O)([O-])[O-].[Cu]. The zero-order valence-corrected chi connectivity index (χ0v) is 16.4. The summed E-state index contributed by atoms with van der Waals surface area (Å²) in [6.45, 7) is -0.719. The van der Waals surface area contributed by atoms with E-state index >= 15 is 0 Å². The summed E-state index contributed by atoms with van der Waals surface area (Å²) in [5.74, 6) is 0.125. The van der Waals surface area contributed by atoms with E-state index in [-0.39, 0.29) is 34.1 Å². The van der Waals surface area contributed by atoms with Crippen molar-refractivity contribution in [2.45, 2.75) is 24.5 Å². The number of aromatic nitrogens is 4. The van der Waals surface area contributed by atoms with Crippen molar-refractivity contribution in [1.29, 1.82) is 0 Å². The molecule has 169 valence electrons. The van der Waals surface area contributed by atoms with Crippen LogP contribution in [-0.4, -0.2) is 72.2 Å². The largest absolute Gasteiger partial charge is 0.790 e. The maximum absolute atomic E-state index is 10.5. The van der Waals surface area contributed by atoms with Crippen LogP contribution in [0.25, 0.3) is 11.2 Å². The van der Waals surface area contributed by atoms with Gasteiger partial charge in [-0.2, -0.15) is 0 Å². The molecule has 1 aliphatic heterocycles. The van der Waals surface area contributed by atoms with Crippen molar-refractivity contribution in [1.82, 2.24) is 19.5 Å². The molecule has 3 heterocycles. The van der Waals surface area contributed by atoms with Crippen molar-refractivity contribution in [3.8, 4) is 0 Å². The minimum absolute atomic E-state index is 0. The Kier molecular flexibility index (Phi) is 8.61. The van der Waals surface area contributed by atoms with Crippen LogP contribution >= 0.6 is 7.82 Å². The number of anilines is 1. The van der Waals surface area contributed by atoms with E-state index < -0.39 is 49.4 Å². The van der Waals surface area contributed by atoms with E-state index in [1.165, 1.54) is 17.2 Å². The summed E-state index contributed by atoms with van der Waals surface area (Å²) >= 11 is 0. The van der Waals surface area contributed by atoms with Crippen molar-refractivity contribution in [3.63, 3.8) is 0 Å². The fourth-order valence-corrected chi connectivity index (χ4v) is 2.65. The Labute approximate surface area is 173 Å². The Morgan fingerprint density at radius 3 is 2.38 bits per heavy atom. The molecule has 2 aromatic rings. The molecule has 1 aliphatic rings. The molecule has 1 saturated heterocycles. The standard InChI is InChI=1S/C10H14N5O7P.Cu.H2O4S/c11-8-5-9(13-2-12-8)15(3-14-5)10-7(17)6(16)4(22-10)1-21-23(18,19)20;;1-5(2,3)4/h2-4,6-7,10,16-17H,1H2,(H2,11,12,13)(H2,18,19,20);;(H2,1,2,3,4)/p-4/t4-,6-,7-,10-;;/m1../s1. The predicted octanol–water partition coefficient (Wildman–Crippen LogP) is -4.47. The van der Waals surface area contributed by atoms with E-state index in [1.54, 1.807) is 0 Å². The average molecular weight is 505 g/mol. The summed E-state index contributed by atoms with van der Waals surface area (Å²) in [4.78, 5) is 32.8. The molecule has 19 heteroatoms. The first-order valence-electron chi connectivity index (χ1n) is 7.06. The van der Waals surface area contributed by atoms with Crippen LogP contribution in [-0.2, 0) is 41.3 Å². The fourth-order valence-electron chi connectivity index (χ4n) is 2.32. The number of aliphatic hydroxyl groups excluding tert-OH is 2. The third-order valence-corrected chi connectivity index (χ3v) is 3.86. The molecule has 4 N–H and O–H groups in total. The minimum Gasteiger partial charge on any atom is -0.790 e. The van der Waals surface area contributed by atoms with Gasteiger partial charge in [0.05, 0.1) is 20.8 Å². The Hall–Kier alpha value is -1.27. The second kappa shape index (κ2) is 9.69. The number of fused-ring (bicyclic) bond motifs is 1. The molecule has 0 spiro atoms. The van der Waals surface area contributed by atoms with Crippen LogP contribution in [0, 0.1) is 0 Å². The van der Waals surface area contributed by atoms with Crippen LogP contribution < -0.4 is 15.5 Å². The molecule has 29 heavy (non-hydrogen) atoms. The summed E-state index contributed by atoms with van der Waals surface area (Å²) in [5.41, 5.74) is 6.19. The van der Waals surface area contributed by atoms with Gasteiger partial charge in [0.15, 0.2) is 17.7 Å². The number of imidazole rings is 1. The predicted molar refractivity (Wildman–Crippen MR) is 79.7 cm³/mol. The van der Waals surface area contributed by atoms with Gasteiger partial charge in [0.25, 0.3) is 0 Å². The summed E-state index contributed by atoms with van der Waals surface area (Å²) < 4.78 is 55.4. The second-order valence-corrected chi connectivity index (χ2v) is 7.25. The number of hydrogen-bond donors (Lipinski definition) is 3. The molecule has 3 rings (SSSR count). The minimum atomic E-state index is -5.22. The number of hydrogen-bond acceptors (Lipinski definition) is 15. The monoisotopic (exact) mass is 504 g/mol. The Morgan fingerprint density at radius 1 is 1.24 bits per heavy atom. The van der Waals surface area contributed by atoms with Gasteiger partial charge >= 0.3 is 0 Å². The van der Waals surface area contributed by atoms with Gasteiger partial charge in [-0.1, -0.05) is 0 Å². The van der Waals surface area contributed by atoms with Crippen LogP contribution in [0.5, 0.6) is 0 Å². The molecule has 0 aromatic carbocycles. The molecule has 0 saturated carbocycles. The number of aliphatic hydroxyl groups is 2. The van der Waals surface area contributed by atoms with Gasteiger partial charge in [0.1, 0.15) is 30.2 Å². The number of phosphoric ester groups is 1. The number of nitrogens with zero attached hydrogens (tertiary/aromatic N) is 4. The molecule has 2 aromatic heterocycles. The third kappa shape index (κ3) is 7.18. The van der Waals surface area contributed by atoms with E-state index in [0.717, 1.165) is 0 Å². The maximum Gasteiger partial charge on any atom is 0.167 e. The molecule has 1 radical (unpaired) electrons. The van der Waals surface area contributed by atoms with Crippen LogP contribution in [0.2, 0.25) is 0 Å². The molecule has 0 aliphatic carbocycles. The van der Waals surface area contributed by atoms with Gasteiger partial charge in [-0.05, 0) is 0 Å². The third-order valence-electron chi connectivity index (χ3n) is 3.40. The average Bonchev–Trinajstić information content (AvgIpc) is 3.07. The van der Waals surface area contributed by atoms with E-state index in [2.05, 4.69) is 19.5 Å². The Morgan fingerprint density at radius 2 is 1.83 bits per heavy atom. The van der Waals surface area contributed by atoms with Gasteiger partial charge in [-0.3, -0.25) is 13.0 Å². The quantitative estimate of drug-likeness (QED) is 0.153. The summed E-state index contributed by atoms with van der Waals surface area (Å²) in [7, 11) is -10.4. The number of ether oxygens (including phenoxy) is 1. The Bertz CT molecular complexity index is 976. The summed E-state index contributed by atoms with van der Waals surface area (Å²) in [6.07, 6.45) is -2.75. The molecule has 16 nitrogen and oxygen atoms in total. The topological polar surface area (TPSA) is 272 Å². The number of nitrogens with two attached hydrogens (primary N) is 1. The van der Waals surface area contributed by atoms with E-state index in [4.69, 9.17) is 28.0 Å². The second-order valence-electron chi connectivity index (χ2n) is 5.28. The van der Waals surface area contributed by atoms with Crippen molar-refractivity contribution in [2.24, 2.45) is 0 Å². The van der Waals surface area contributed by atoms with Crippen molar-refractivity contribution >= 4 is 35.2 Å². The zero-order valence-electron chi connectivity index (χ0n) is 13.8. The van der Waals surface area contributed by atoms with E-state index in [0.29, 0.717) is 0 Å². The van der Waals surface area contributed by atoms with Crippen molar-refractivity contribution in [3.05, 3.63) is 12.7 Å². The van der Waals surface area contributed by atoms with Crippen molar-refractivity contribution in [2.75, 3.05) is 12.3 Å². The van der Waals surface area contributed by atoms with Crippen LogP contribution in [0.4, 0.5) is 5.82 Å². The van der Waals surface area contributed by atoms with Crippen LogP contribution in [0.1, 0.15) is 6.23 Å². The molecule has 4 atom stereocenters. The van der Waals surface area contributed by atoms with Gasteiger partial charge < -0.3 is 48.7 Å². The van der Waals surface area contributed by atoms with Crippen molar-refractivity contribution < 1.29 is 68.4 Å². The summed E-state index contributed by atoms with van der Waals surface area (Å²) in [5, 5.41) is 20.0. The van der Waals surface area contributed by atoms with Gasteiger partial charge in [0.2, 0.25) is 0 Å². The molecular weight excluding hydrogens is 493 g/mol. The first-order chi connectivity index (χ1) is 12.8. The fraction of sp³-hybridized carbons (Fsp3) is 0.500. The van der Waals surface area contributed by atoms with Gasteiger partial charge in [-0.15, -0.1) is 0 Å². The first-order valence-corrected chi connectivity index (χ1v) is 9.85. The number of rotatable bonds is 4. The first kappa shape index (κ1) is 25.8. The number of nitrogen functional groups attached to an aromatic ring is 1. The molecule has 0 amide bonds. The smallest absolute Gasteiger partial charge is 0.167 e. The zero-order chi connectivity index (χ0) is 21.3. The molecule has 0 unspecified atom stereocenters. The maximum atomic E-state index is 10.5. The normalized spacial score (nSPS) is 24.6. The van der Waals surface area contributed by atoms with E-state index in [9.17, 15) is 24.6 Å². The van der Waals surface area contributed by atoms with E-state index in [1.807, 2.05) is 0 Å². The molecule has 0 bridgehead atoms. The van der Waals surface area contributed by atoms with Gasteiger partial charge in [0, 0.05) is 27.5 Å².